The summed E-state index contributed by atoms with van der Waals surface area (Å²) in [5.41, 5.74) is 3.20. The minimum absolute atomic E-state index is 0.00744. The van der Waals surface area contributed by atoms with E-state index in [1.807, 2.05) is 13.8 Å². The predicted molar refractivity (Wildman–Crippen MR) is 92.9 cm³/mol. The molecule has 2 nitrogen and oxygen atoms in total. The highest BCUT2D eigenvalue weighted by Gasteiger charge is 2.51. The highest BCUT2D eigenvalue weighted by atomic mass is 16.6. The van der Waals surface area contributed by atoms with Gasteiger partial charge in [-0.05, 0) is 78.7 Å². The first-order chi connectivity index (χ1) is 10.2. The first kappa shape index (κ1) is 17.5. The Bertz CT molecular complexity index is 490. The van der Waals surface area contributed by atoms with Crippen molar-refractivity contribution in [3.8, 4) is 0 Å². The lowest BCUT2D eigenvalue weighted by Crippen LogP contribution is -2.23. The highest BCUT2D eigenvalue weighted by Crippen LogP contribution is 2.44. The van der Waals surface area contributed by atoms with Crippen LogP contribution in [0.25, 0.3) is 0 Å². The van der Waals surface area contributed by atoms with E-state index in [1.54, 1.807) is 0 Å². The van der Waals surface area contributed by atoms with Crippen LogP contribution in [0, 0.1) is 0 Å². The fourth-order valence-electron chi connectivity index (χ4n) is 3.18. The van der Waals surface area contributed by atoms with E-state index >= 15 is 0 Å². The van der Waals surface area contributed by atoms with Crippen molar-refractivity contribution < 1.29 is 9.84 Å². The maximum absolute atomic E-state index is 10.4. The Hall–Kier alpha value is -0.860. The van der Waals surface area contributed by atoms with E-state index in [2.05, 4.69) is 39.0 Å². The molecule has 0 aromatic heterocycles. The molecule has 22 heavy (non-hydrogen) atoms. The molecule has 1 saturated heterocycles. The second kappa shape index (κ2) is 6.72. The Kier molecular flexibility index (Phi) is 5.34. The van der Waals surface area contributed by atoms with Gasteiger partial charge in [0.25, 0.3) is 0 Å². The van der Waals surface area contributed by atoms with E-state index in [0.717, 1.165) is 44.1 Å². The molecule has 0 unspecified atom stereocenters. The van der Waals surface area contributed by atoms with E-state index in [-0.39, 0.29) is 5.60 Å². The molecule has 0 radical (unpaired) electrons. The summed E-state index contributed by atoms with van der Waals surface area (Å²) >= 11 is 0. The van der Waals surface area contributed by atoms with Crippen molar-refractivity contribution >= 4 is 0 Å². The highest BCUT2D eigenvalue weighted by molar-refractivity contribution is 5.24. The maximum atomic E-state index is 10.4. The largest absolute Gasteiger partial charge is 0.386 e. The van der Waals surface area contributed by atoms with E-state index in [0.29, 0.717) is 6.10 Å². The maximum Gasteiger partial charge on any atom is 0.0923 e. The molecule has 0 amide bonds. The average molecular weight is 304 g/mol. The lowest BCUT2D eigenvalue weighted by Gasteiger charge is -2.22. The van der Waals surface area contributed by atoms with Gasteiger partial charge in [0, 0.05) is 0 Å². The summed E-state index contributed by atoms with van der Waals surface area (Å²) in [7, 11) is 0. The lowest BCUT2D eigenvalue weighted by molar-refractivity contribution is 0.114. The quantitative estimate of drug-likeness (QED) is 0.541. The van der Waals surface area contributed by atoms with Gasteiger partial charge in [0.2, 0.25) is 0 Å². The molecule has 1 heterocycles. The fraction of sp³-hybridized carbons (Fsp3) is 0.700. The number of rotatable bonds is 1. The fourth-order valence-corrected chi connectivity index (χ4v) is 3.18. The average Bonchev–Trinajstić information content (AvgIpc) is 3.05. The van der Waals surface area contributed by atoms with Crippen LogP contribution in [0.4, 0.5) is 0 Å². The van der Waals surface area contributed by atoms with E-state index in [9.17, 15) is 5.11 Å². The Morgan fingerprint density at radius 1 is 1.14 bits per heavy atom. The third-order valence-electron chi connectivity index (χ3n) is 5.11. The van der Waals surface area contributed by atoms with Gasteiger partial charge in [0.05, 0.1) is 17.3 Å². The molecule has 124 valence electrons. The van der Waals surface area contributed by atoms with Crippen molar-refractivity contribution in [1.29, 1.82) is 0 Å². The Morgan fingerprint density at radius 2 is 1.86 bits per heavy atom. The smallest absolute Gasteiger partial charge is 0.0923 e. The topological polar surface area (TPSA) is 32.8 Å². The summed E-state index contributed by atoms with van der Waals surface area (Å²) < 4.78 is 5.96. The normalized spacial score (nSPS) is 38.5. The molecule has 1 N–H and O–H groups in total. The Labute approximate surface area is 136 Å². The summed E-state index contributed by atoms with van der Waals surface area (Å²) in [6.45, 7) is 10.4. The van der Waals surface area contributed by atoms with Crippen LogP contribution < -0.4 is 0 Å². The molecule has 2 heteroatoms. The third-order valence-corrected chi connectivity index (χ3v) is 5.11. The molecule has 0 saturated carbocycles. The van der Waals surface area contributed by atoms with Gasteiger partial charge in [-0.1, -0.05) is 29.4 Å². The van der Waals surface area contributed by atoms with Gasteiger partial charge in [0.1, 0.15) is 0 Å². The molecule has 0 bridgehead atoms. The van der Waals surface area contributed by atoms with Crippen LogP contribution in [0.2, 0.25) is 0 Å². The van der Waals surface area contributed by atoms with E-state index < -0.39 is 5.60 Å². The van der Waals surface area contributed by atoms with Crippen LogP contribution in [0.1, 0.15) is 73.1 Å². The van der Waals surface area contributed by atoms with Crippen LogP contribution in [-0.4, -0.2) is 22.4 Å². The van der Waals surface area contributed by atoms with Gasteiger partial charge in [-0.2, -0.15) is 0 Å². The summed E-state index contributed by atoms with van der Waals surface area (Å²) in [5.74, 6) is 0. The van der Waals surface area contributed by atoms with Crippen molar-refractivity contribution in [2.75, 3.05) is 0 Å². The molecule has 0 aromatic carbocycles. The molecule has 1 aliphatic heterocycles. The zero-order valence-electron chi connectivity index (χ0n) is 14.9. The van der Waals surface area contributed by atoms with Gasteiger partial charge >= 0.3 is 0 Å². The van der Waals surface area contributed by atoms with E-state index in [1.165, 1.54) is 11.1 Å². The monoisotopic (exact) mass is 304 g/mol. The van der Waals surface area contributed by atoms with Gasteiger partial charge in [-0.25, -0.2) is 0 Å². The van der Waals surface area contributed by atoms with Gasteiger partial charge in [-0.3, -0.25) is 0 Å². The standard InChI is InChI=1S/C20H32O2/c1-15-7-6-8-16(2)10-12-18-20(5,22-18)14-13-17(11-9-15)19(3,4)21/h8-9,11,18,21H,6-7,10,12-14H2,1-5H3/b15-9+,16-8+,17-11+/t18-,20+/m0/s1. The summed E-state index contributed by atoms with van der Waals surface area (Å²) in [5, 5.41) is 10.4. The number of hydrogen-bond acceptors (Lipinski definition) is 2. The number of hydrogen-bond donors (Lipinski definition) is 1. The molecule has 0 spiro atoms. The van der Waals surface area contributed by atoms with Crippen LogP contribution in [0.5, 0.6) is 0 Å². The number of epoxide rings is 1. The van der Waals surface area contributed by atoms with Gasteiger partial charge in [0.15, 0.2) is 0 Å². The predicted octanol–water partition coefficient (Wildman–Crippen LogP) is 5.09. The number of aliphatic hydroxyl groups is 1. The summed E-state index contributed by atoms with van der Waals surface area (Å²) in [4.78, 5) is 0. The zero-order valence-corrected chi connectivity index (χ0v) is 14.9. The van der Waals surface area contributed by atoms with Crippen molar-refractivity contribution in [2.45, 2.75) is 90.4 Å². The van der Waals surface area contributed by atoms with Crippen molar-refractivity contribution in [3.05, 3.63) is 34.9 Å². The molecule has 2 atom stereocenters. The number of allylic oxidation sites excluding steroid dienone is 5. The zero-order chi connectivity index (χ0) is 16.4. The summed E-state index contributed by atoms with van der Waals surface area (Å²) in [6.07, 6.45) is 13.4. The van der Waals surface area contributed by atoms with Gasteiger partial charge in [-0.15, -0.1) is 0 Å². The Morgan fingerprint density at radius 3 is 2.55 bits per heavy atom. The van der Waals surface area contributed by atoms with Crippen molar-refractivity contribution in [2.24, 2.45) is 0 Å². The molecule has 1 aliphatic carbocycles. The van der Waals surface area contributed by atoms with E-state index in [4.69, 9.17) is 4.74 Å². The van der Waals surface area contributed by atoms with Crippen LogP contribution >= 0.6 is 0 Å². The first-order valence-corrected chi connectivity index (χ1v) is 8.63. The van der Waals surface area contributed by atoms with Crippen molar-refractivity contribution in [3.63, 3.8) is 0 Å². The minimum atomic E-state index is -0.759. The first-order valence-electron chi connectivity index (χ1n) is 8.63. The molecule has 0 aromatic rings. The Balaban J connectivity index is 2.18. The lowest BCUT2D eigenvalue weighted by atomic mass is 9.88. The van der Waals surface area contributed by atoms with Crippen LogP contribution in [0.15, 0.2) is 34.9 Å². The minimum Gasteiger partial charge on any atom is -0.386 e. The molecular formula is C20H32O2. The van der Waals surface area contributed by atoms with Crippen LogP contribution in [0.3, 0.4) is 0 Å². The number of ether oxygens (including phenoxy) is 1. The number of fused-ring (bicyclic) bond motifs is 1. The molecular weight excluding hydrogens is 272 g/mol. The van der Waals surface area contributed by atoms with Crippen molar-refractivity contribution in [1.82, 2.24) is 0 Å². The molecule has 1 fully saturated rings. The molecule has 2 aliphatic rings. The second-order valence-corrected chi connectivity index (χ2v) is 7.81. The third kappa shape index (κ3) is 4.82. The van der Waals surface area contributed by atoms with Crippen LogP contribution in [-0.2, 0) is 4.74 Å². The second-order valence-electron chi connectivity index (χ2n) is 7.81. The molecule has 2 rings (SSSR count). The van der Waals surface area contributed by atoms with Gasteiger partial charge < -0.3 is 9.84 Å². The SMILES string of the molecule is C/C1=C\C=C(\C(C)(C)O)CC[C@@]2(C)O[C@H]2CC/C(C)=C/CC1. The summed E-state index contributed by atoms with van der Waals surface area (Å²) in [6, 6.07) is 0.